The summed E-state index contributed by atoms with van der Waals surface area (Å²) in [6.45, 7) is 2.40. The second-order valence-electron chi connectivity index (χ2n) is 16.8. The average molecular weight is 807 g/mol. The molecule has 0 fully saturated rings. The molecule has 1 unspecified atom stereocenters. The van der Waals surface area contributed by atoms with E-state index in [1.165, 1.54) is 108 Å². The van der Waals surface area contributed by atoms with E-state index in [1.807, 2.05) is 35.9 Å². The van der Waals surface area contributed by atoms with Crippen LogP contribution in [0.25, 0.3) is 125 Å². The second kappa shape index (κ2) is 13.8. The van der Waals surface area contributed by atoms with Crippen molar-refractivity contribution in [3.63, 3.8) is 0 Å². The Balaban J connectivity index is 1.08. The molecular formula is C59H38N2S. The van der Waals surface area contributed by atoms with Gasteiger partial charge in [0.25, 0.3) is 0 Å². The van der Waals surface area contributed by atoms with Crippen molar-refractivity contribution in [3.05, 3.63) is 199 Å². The van der Waals surface area contributed by atoms with Gasteiger partial charge in [-0.15, -0.1) is 11.3 Å². The molecule has 0 saturated heterocycles. The molecule has 1 aliphatic rings. The summed E-state index contributed by atoms with van der Waals surface area (Å²) in [6, 6.07) is 62.9. The Morgan fingerprint density at radius 3 is 1.60 bits per heavy atom. The molecule has 13 rings (SSSR count). The number of rotatable bonds is 4. The molecule has 1 aliphatic carbocycles. The molecule has 9 aromatic carbocycles. The number of nitrogens with zero attached hydrogens (tertiary/aromatic N) is 2. The summed E-state index contributed by atoms with van der Waals surface area (Å²) >= 11 is 1.90. The summed E-state index contributed by atoms with van der Waals surface area (Å²) in [6.07, 6.45) is 9.58. The quantitative estimate of drug-likeness (QED) is 0.166. The zero-order valence-electron chi connectivity index (χ0n) is 34.1. The maximum absolute atomic E-state index is 4.78. The monoisotopic (exact) mass is 806 g/mol. The van der Waals surface area contributed by atoms with Gasteiger partial charge in [0.1, 0.15) is 0 Å². The van der Waals surface area contributed by atoms with Crippen LogP contribution in [-0.2, 0) is 0 Å². The zero-order chi connectivity index (χ0) is 40.9. The number of allylic oxidation sites excluding steroid dienone is 1. The molecule has 0 spiro atoms. The van der Waals surface area contributed by atoms with Crippen molar-refractivity contribution >= 4 is 91.7 Å². The van der Waals surface area contributed by atoms with Gasteiger partial charge in [-0.1, -0.05) is 146 Å². The van der Waals surface area contributed by atoms with E-state index in [1.54, 1.807) is 0 Å². The van der Waals surface area contributed by atoms with Crippen LogP contribution in [0.4, 0.5) is 0 Å². The van der Waals surface area contributed by atoms with Crippen LogP contribution in [0, 0.1) is 0 Å². The fraction of sp³-hybridized carbons (Fsp3) is 0.0508. The molecule has 62 heavy (non-hydrogen) atoms. The van der Waals surface area contributed by atoms with E-state index in [9.17, 15) is 0 Å². The third-order valence-corrected chi connectivity index (χ3v) is 14.5. The normalized spacial score (nSPS) is 13.9. The summed E-state index contributed by atoms with van der Waals surface area (Å²) < 4.78 is 2.60. The van der Waals surface area contributed by atoms with E-state index in [-0.39, 0.29) is 0 Å². The Kier molecular flexibility index (Phi) is 7.85. The zero-order valence-corrected chi connectivity index (χ0v) is 34.9. The highest BCUT2D eigenvalue weighted by Gasteiger charge is 2.27. The van der Waals surface area contributed by atoms with Gasteiger partial charge in [-0.3, -0.25) is 9.97 Å². The van der Waals surface area contributed by atoms with Crippen molar-refractivity contribution in [1.29, 1.82) is 0 Å². The highest BCUT2D eigenvalue weighted by molar-refractivity contribution is 7.26. The minimum atomic E-state index is 0.355. The maximum atomic E-state index is 4.78. The lowest BCUT2D eigenvalue weighted by atomic mass is 9.76. The van der Waals surface area contributed by atoms with Gasteiger partial charge < -0.3 is 0 Å². The topological polar surface area (TPSA) is 25.8 Å². The van der Waals surface area contributed by atoms with Gasteiger partial charge in [-0.25, -0.2) is 0 Å². The minimum Gasteiger partial charge on any atom is -0.256 e. The molecule has 1 atom stereocenters. The smallest absolute Gasteiger partial charge is 0.0708 e. The summed E-state index contributed by atoms with van der Waals surface area (Å²) in [5.41, 5.74) is 14.9. The SMILES string of the molecule is CC1CC=Cc2c1c(-c1ccc3cccnc3c1)c1ccccc1c2-c1cccc2sc3ccc(-c4c5ccccc5c(-c5ccc6cccnc6c5)c5ccccc45)cc3c12. The Labute approximate surface area is 363 Å². The van der Waals surface area contributed by atoms with Crippen LogP contribution in [0.2, 0.25) is 0 Å². The fourth-order valence-electron chi connectivity index (χ4n) is 10.7. The van der Waals surface area contributed by atoms with Gasteiger partial charge >= 0.3 is 0 Å². The van der Waals surface area contributed by atoms with Crippen molar-refractivity contribution in [2.45, 2.75) is 19.3 Å². The van der Waals surface area contributed by atoms with Crippen LogP contribution in [0.1, 0.15) is 30.4 Å². The maximum Gasteiger partial charge on any atom is 0.0708 e. The van der Waals surface area contributed by atoms with Crippen molar-refractivity contribution in [2.24, 2.45) is 0 Å². The molecule has 0 bridgehead atoms. The van der Waals surface area contributed by atoms with Gasteiger partial charge in [0.2, 0.25) is 0 Å². The third kappa shape index (κ3) is 5.28. The lowest BCUT2D eigenvalue weighted by Gasteiger charge is -2.28. The largest absolute Gasteiger partial charge is 0.256 e. The first-order valence-corrected chi connectivity index (χ1v) is 22.3. The van der Waals surface area contributed by atoms with E-state index in [0.29, 0.717) is 5.92 Å². The summed E-state index contributed by atoms with van der Waals surface area (Å²) in [7, 11) is 0. The molecule has 2 nitrogen and oxygen atoms in total. The molecule has 0 radical (unpaired) electrons. The molecule has 0 aliphatic heterocycles. The number of thiophene rings is 1. The number of hydrogen-bond acceptors (Lipinski definition) is 3. The first kappa shape index (κ1) is 35.3. The molecule has 3 aromatic heterocycles. The number of benzene rings is 9. The Morgan fingerprint density at radius 1 is 0.452 bits per heavy atom. The third-order valence-electron chi connectivity index (χ3n) is 13.3. The first-order valence-electron chi connectivity index (χ1n) is 21.5. The van der Waals surface area contributed by atoms with Crippen molar-refractivity contribution in [2.75, 3.05) is 0 Å². The van der Waals surface area contributed by atoms with Gasteiger partial charge in [0.15, 0.2) is 0 Å². The average Bonchev–Trinajstić information content (AvgIpc) is 3.71. The number of fused-ring (bicyclic) bond motifs is 9. The highest BCUT2D eigenvalue weighted by Crippen LogP contribution is 2.52. The van der Waals surface area contributed by atoms with Crippen molar-refractivity contribution in [3.8, 4) is 44.5 Å². The van der Waals surface area contributed by atoms with Crippen LogP contribution in [0.15, 0.2) is 188 Å². The molecular weight excluding hydrogens is 769 g/mol. The Bertz CT molecular complexity index is 3810. The lowest BCUT2D eigenvalue weighted by molar-refractivity contribution is 0.775. The van der Waals surface area contributed by atoms with Crippen LogP contribution in [-0.4, -0.2) is 9.97 Å². The molecule has 290 valence electrons. The summed E-state index contributed by atoms with van der Waals surface area (Å²) in [4.78, 5) is 9.51. The number of hydrogen-bond donors (Lipinski definition) is 0. The predicted octanol–water partition coefficient (Wildman–Crippen LogP) is 16.8. The second-order valence-corrected chi connectivity index (χ2v) is 17.9. The predicted molar refractivity (Wildman–Crippen MR) is 266 cm³/mol. The van der Waals surface area contributed by atoms with Crippen LogP contribution < -0.4 is 0 Å². The van der Waals surface area contributed by atoms with Crippen molar-refractivity contribution in [1.82, 2.24) is 9.97 Å². The highest BCUT2D eigenvalue weighted by atomic mass is 32.1. The van der Waals surface area contributed by atoms with Gasteiger partial charge in [0, 0.05) is 43.3 Å². The van der Waals surface area contributed by atoms with Gasteiger partial charge in [-0.2, -0.15) is 0 Å². The Morgan fingerprint density at radius 2 is 0.984 bits per heavy atom. The lowest BCUT2D eigenvalue weighted by Crippen LogP contribution is -2.06. The van der Waals surface area contributed by atoms with E-state index in [4.69, 9.17) is 9.97 Å². The van der Waals surface area contributed by atoms with Crippen molar-refractivity contribution < 1.29 is 0 Å². The standard InChI is InChI=1S/C59H38N2S/c1-35-12-8-21-47-54(35)57(40-27-25-37-14-11-31-61-51(37)34-40)45-19-6-7-20-46(45)58(47)48-22-9-23-53-59(48)49-32-38(28-29-52(49)62-53)55-41-15-2-4-17-43(41)56(44-18-5-3-16-42(44)55)39-26-24-36-13-10-30-60-50(36)33-39/h2-11,13-35H,12H2,1H3. The molecule has 3 heterocycles. The van der Waals surface area contributed by atoms with Crippen LogP contribution >= 0.6 is 11.3 Å². The summed E-state index contributed by atoms with van der Waals surface area (Å²) in [5.74, 6) is 0.355. The molecule has 0 saturated carbocycles. The van der Waals surface area contributed by atoms with E-state index in [0.717, 1.165) is 28.2 Å². The number of aromatic nitrogens is 2. The first-order chi connectivity index (χ1) is 30.7. The molecule has 12 aromatic rings. The van der Waals surface area contributed by atoms with E-state index >= 15 is 0 Å². The van der Waals surface area contributed by atoms with E-state index < -0.39 is 0 Å². The summed E-state index contributed by atoms with van der Waals surface area (Å²) in [5, 5.41) is 12.5. The van der Waals surface area contributed by atoms with Crippen LogP contribution in [0.5, 0.6) is 0 Å². The molecule has 3 heteroatoms. The Hall–Kier alpha value is -7.46. The minimum absolute atomic E-state index is 0.355. The molecule has 0 N–H and O–H groups in total. The fourth-order valence-corrected chi connectivity index (χ4v) is 11.8. The van der Waals surface area contributed by atoms with Gasteiger partial charge in [-0.05, 0) is 143 Å². The van der Waals surface area contributed by atoms with Gasteiger partial charge in [0.05, 0.1) is 11.0 Å². The van der Waals surface area contributed by atoms with Crippen LogP contribution in [0.3, 0.4) is 0 Å². The number of pyridine rings is 2. The molecule has 0 amide bonds. The van der Waals surface area contributed by atoms with E-state index in [2.05, 4.69) is 177 Å².